The van der Waals surface area contributed by atoms with Crippen LogP contribution in [0, 0.1) is 0 Å². The molecular formula is C55H36N4S. The summed E-state index contributed by atoms with van der Waals surface area (Å²) >= 11 is 1.90. The standard InChI is InChI=1S/C55H36N4S/c1-3-15-35(16-4-1)41-25-12-19-36-20-13-26-42(51(36)41)38-21-11-22-40(33-38)54-56-53(37-17-5-2-6-18-37)57-55(58-54)59-47-28-9-7-23-44(47)45-32-31-39(34-48(45)59)43-27-14-30-50-52(43)46-24-8-10-29-49(46)60-50/h1-13,15-26,28-34H,14,27H2. The quantitative estimate of drug-likeness (QED) is 0.169. The maximum Gasteiger partial charge on any atom is 0.238 e. The lowest BCUT2D eigenvalue weighted by atomic mass is 9.91. The monoisotopic (exact) mass is 784 g/mol. The second kappa shape index (κ2) is 14.1. The summed E-state index contributed by atoms with van der Waals surface area (Å²) in [7, 11) is 0. The number of fused-ring (bicyclic) bond motifs is 7. The molecule has 282 valence electrons. The van der Waals surface area contributed by atoms with Crippen molar-refractivity contribution in [3.05, 3.63) is 203 Å². The van der Waals surface area contributed by atoms with Gasteiger partial charge in [-0.25, -0.2) is 4.98 Å². The first-order valence-corrected chi connectivity index (χ1v) is 21.3. The van der Waals surface area contributed by atoms with Crippen molar-refractivity contribution in [1.29, 1.82) is 0 Å². The van der Waals surface area contributed by atoms with Crippen LogP contribution in [0.25, 0.3) is 105 Å². The van der Waals surface area contributed by atoms with Gasteiger partial charge in [-0.15, -0.1) is 11.3 Å². The van der Waals surface area contributed by atoms with E-state index in [-0.39, 0.29) is 0 Å². The Balaban J connectivity index is 1.08. The van der Waals surface area contributed by atoms with Crippen LogP contribution in [0.1, 0.15) is 18.4 Å². The third-order valence-electron chi connectivity index (χ3n) is 11.9. The van der Waals surface area contributed by atoms with E-state index in [2.05, 4.69) is 181 Å². The van der Waals surface area contributed by atoms with Gasteiger partial charge < -0.3 is 0 Å². The van der Waals surface area contributed by atoms with E-state index in [1.165, 1.54) is 63.8 Å². The van der Waals surface area contributed by atoms with E-state index in [9.17, 15) is 0 Å². The Morgan fingerprint density at radius 3 is 1.90 bits per heavy atom. The Bertz CT molecular complexity index is 3600. The number of aromatic nitrogens is 4. The van der Waals surface area contributed by atoms with Crippen LogP contribution in [-0.2, 0) is 0 Å². The molecule has 0 N–H and O–H groups in total. The average Bonchev–Trinajstić information content (AvgIpc) is 3.87. The molecule has 60 heavy (non-hydrogen) atoms. The van der Waals surface area contributed by atoms with Gasteiger partial charge in [-0.1, -0.05) is 170 Å². The lowest BCUT2D eigenvalue weighted by molar-refractivity contribution is 0.953. The minimum atomic E-state index is 0.591. The minimum Gasteiger partial charge on any atom is -0.278 e. The van der Waals surface area contributed by atoms with Crippen LogP contribution < -0.4 is 9.75 Å². The van der Waals surface area contributed by atoms with Gasteiger partial charge in [0.2, 0.25) is 5.95 Å². The highest BCUT2D eigenvalue weighted by Crippen LogP contribution is 2.39. The van der Waals surface area contributed by atoms with Gasteiger partial charge in [0.1, 0.15) is 0 Å². The summed E-state index contributed by atoms with van der Waals surface area (Å²) in [5, 5.41) is 7.47. The maximum atomic E-state index is 5.38. The van der Waals surface area contributed by atoms with Crippen LogP contribution in [0.4, 0.5) is 0 Å². The molecular weight excluding hydrogens is 749 g/mol. The largest absolute Gasteiger partial charge is 0.278 e. The molecule has 0 unspecified atom stereocenters. The minimum absolute atomic E-state index is 0.591. The molecule has 0 atom stereocenters. The average molecular weight is 785 g/mol. The van der Waals surface area contributed by atoms with Crippen LogP contribution in [0.2, 0.25) is 0 Å². The molecule has 4 nitrogen and oxygen atoms in total. The van der Waals surface area contributed by atoms with Crippen molar-refractivity contribution in [2.45, 2.75) is 12.8 Å². The van der Waals surface area contributed by atoms with Gasteiger partial charge in [-0.2, -0.15) is 9.97 Å². The van der Waals surface area contributed by atoms with Crippen LogP contribution in [0.15, 0.2) is 188 Å². The summed E-state index contributed by atoms with van der Waals surface area (Å²) in [4.78, 5) is 15.9. The lowest BCUT2D eigenvalue weighted by Gasteiger charge is -2.14. The van der Waals surface area contributed by atoms with Crippen LogP contribution in [0.5, 0.6) is 0 Å². The lowest BCUT2D eigenvalue weighted by Crippen LogP contribution is -2.25. The molecule has 3 aromatic heterocycles. The summed E-state index contributed by atoms with van der Waals surface area (Å²) in [6.45, 7) is 0. The Labute approximate surface area is 350 Å². The van der Waals surface area contributed by atoms with Gasteiger partial charge in [-0.05, 0) is 81.3 Å². The van der Waals surface area contributed by atoms with E-state index < -0.39 is 0 Å². The zero-order valence-corrected chi connectivity index (χ0v) is 33.4. The van der Waals surface area contributed by atoms with Crippen molar-refractivity contribution in [2.24, 2.45) is 0 Å². The molecule has 0 aliphatic heterocycles. The van der Waals surface area contributed by atoms with E-state index in [1.807, 2.05) is 29.5 Å². The number of rotatable bonds is 6. The fraction of sp³-hybridized carbons (Fsp3) is 0.0364. The van der Waals surface area contributed by atoms with Gasteiger partial charge >= 0.3 is 0 Å². The zero-order chi connectivity index (χ0) is 39.6. The first kappa shape index (κ1) is 34.6. The van der Waals surface area contributed by atoms with E-state index in [0.717, 1.165) is 46.0 Å². The van der Waals surface area contributed by atoms with Gasteiger partial charge in [0, 0.05) is 41.7 Å². The molecule has 1 aliphatic rings. The Morgan fingerprint density at radius 2 is 1.08 bits per heavy atom. The summed E-state index contributed by atoms with van der Waals surface area (Å²) in [5.74, 6) is 1.84. The molecule has 5 heteroatoms. The second-order valence-corrected chi connectivity index (χ2v) is 16.5. The molecule has 0 saturated carbocycles. The van der Waals surface area contributed by atoms with Crippen LogP contribution in [-0.4, -0.2) is 19.5 Å². The van der Waals surface area contributed by atoms with E-state index in [1.54, 1.807) is 0 Å². The van der Waals surface area contributed by atoms with Gasteiger partial charge in [0.15, 0.2) is 11.6 Å². The highest BCUT2D eigenvalue weighted by molar-refractivity contribution is 7.17. The van der Waals surface area contributed by atoms with Crippen molar-refractivity contribution < 1.29 is 0 Å². The Morgan fingerprint density at radius 1 is 0.450 bits per heavy atom. The molecule has 8 aromatic carbocycles. The molecule has 11 aromatic rings. The number of para-hydroxylation sites is 1. The highest BCUT2D eigenvalue weighted by atomic mass is 32.1. The first-order valence-electron chi connectivity index (χ1n) is 20.5. The third-order valence-corrected chi connectivity index (χ3v) is 13.1. The summed E-state index contributed by atoms with van der Waals surface area (Å²) in [6.07, 6.45) is 4.43. The fourth-order valence-corrected chi connectivity index (χ4v) is 10.4. The van der Waals surface area contributed by atoms with Crippen molar-refractivity contribution >= 4 is 65.7 Å². The second-order valence-electron chi connectivity index (χ2n) is 15.4. The first-order chi connectivity index (χ1) is 29.7. The third kappa shape index (κ3) is 5.70. The van der Waals surface area contributed by atoms with Crippen molar-refractivity contribution in [3.63, 3.8) is 0 Å². The molecule has 1 aliphatic carbocycles. The summed E-state index contributed by atoms with van der Waals surface area (Å²) in [5.41, 5.74) is 11.3. The fourth-order valence-electron chi connectivity index (χ4n) is 9.23. The Hall–Kier alpha value is -7.47. The number of hydrogen-bond acceptors (Lipinski definition) is 4. The molecule has 12 rings (SSSR count). The van der Waals surface area contributed by atoms with Crippen molar-refractivity contribution in [3.8, 4) is 51.0 Å². The normalized spacial score (nSPS) is 12.6. The predicted octanol–water partition coefficient (Wildman–Crippen LogP) is 12.8. The van der Waals surface area contributed by atoms with Crippen molar-refractivity contribution in [1.82, 2.24) is 19.5 Å². The van der Waals surface area contributed by atoms with Gasteiger partial charge in [0.25, 0.3) is 0 Å². The topological polar surface area (TPSA) is 43.6 Å². The molecule has 0 amide bonds. The molecule has 3 heterocycles. The SMILES string of the molecule is C1=c2sc3ccccc3c2=C(c2ccc3c4ccccc4n(-c4nc(-c5ccccc5)nc(-c5cccc(-c6cccc7cccc(-c8ccccc8)c67)c5)n4)c3c2)CC1. The summed E-state index contributed by atoms with van der Waals surface area (Å²) in [6, 6.07) is 67.1. The summed E-state index contributed by atoms with van der Waals surface area (Å²) < 4.78 is 4.95. The maximum absolute atomic E-state index is 5.38. The number of nitrogens with zero attached hydrogens (tertiary/aromatic N) is 4. The Kier molecular flexibility index (Phi) is 8.13. The highest BCUT2D eigenvalue weighted by Gasteiger charge is 2.21. The zero-order valence-electron chi connectivity index (χ0n) is 32.6. The van der Waals surface area contributed by atoms with E-state index in [0.29, 0.717) is 17.6 Å². The predicted molar refractivity (Wildman–Crippen MR) is 251 cm³/mol. The van der Waals surface area contributed by atoms with E-state index in [4.69, 9.17) is 15.0 Å². The number of benzene rings is 8. The van der Waals surface area contributed by atoms with Gasteiger partial charge in [-0.3, -0.25) is 4.57 Å². The van der Waals surface area contributed by atoms with Crippen molar-refractivity contribution in [2.75, 3.05) is 0 Å². The molecule has 0 bridgehead atoms. The van der Waals surface area contributed by atoms with Gasteiger partial charge in [0.05, 0.1) is 11.0 Å². The number of hydrogen-bond donors (Lipinski definition) is 0. The molecule has 0 radical (unpaired) electrons. The molecule has 0 fully saturated rings. The number of thiophene rings is 1. The smallest absolute Gasteiger partial charge is 0.238 e. The van der Waals surface area contributed by atoms with E-state index >= 15 is 0 Å². The molecule has 0 saturated heterocycles. The molecule has 0 spiro atoms. The van der Waals surface area contributed by atoms with Crippen LogP contribution >= 0.6 is 11.3 Å². The van der Waals surface area contributed by atoms with Crippen LogP contribution in [0.3, 0.4) is 0 Å².